The van der Waals surface area contributed by atoms with E-state index in [4.69, 9.17) is 10.5 Å². The zero-order valence-corrected chi connectivity index (χ0v) is 7.19. The van der Waals surface area contributed by atoms with E-state index < -0.39 is 0 Å². The van der Waals surface area contributed by atoms with Gasteiger partial charge in [-0.3, -0.25) is 4.79 Å². The first-order valence-corrected chi connectivity index (χ1v) is 4.36. The topological polar surface area (TPSA) is 55.6 Å². The van der Waals surface area contributed by atoms with E-state index in [2.05, 4.69) is 0 Å². The Labute approximate surface area is 71.7 Å². The summed E-state index contributed by atoms with van der Waals surface area (Å²) >= 11 is 0. The molecule has 0 spiro atoms. The Balaban J connectivity index is 2.02. The van der Waals surface area contributed by atoms with Crippen LogP contribution in [-0.4, -0.2) is 42.1 Å². The Hall–Kier alpha value is -0.610. The average molecular weight is 170 g/mol. The normalized spacial score (nSPS) is 35.7. The number of likely N-dealkylation sites (tertiary alicyclic amines) is 1. The largest absolute Gasteiger partial charge is 0.374 e. The van der Waals surface area contributed by atoms with Crippen molar-refractivity contribution in [2.45, 2.75) is 31.5 Å². The van der Waals surface area contributed by atoms with Gasteiger partial charge in [-0.05, 0) is 13.3 Å². The highest BCUT2D eigenvalue weighted by Gasteiger charge is 2.41. The molecule has 0 aromatic rings. The highest BCUT2D eigenvalue weighted by atomic mass is 16.5. The number of morpholine rings is 1. The SMILES string of the molecule is C[C@H](N)C(=O)N1C[C@H]2C[C@H]1CO2. The summed E-state index contributed by atoms with van der Waals surface area (Å²) in [6, 6.07) is -0.0714. The number of hydrogen-bond acceptors (Lipinski definition) is 3. The van der Waals surface area contributed by atoms with Crippen LogP contribution in [0.2, 0.25) is 0 Å². The van der Waals surface area contributed by atoms with Gasteiger partial charge in [0.1, 0.15) is 0 Å². The van der Waals surface area contributed by atoms with Gasteiger partial charge in [0.25, 0.3) is 0 Å². The van der Waals surface area contributed by atoms with Crippen molar-refractivity contribution in [1.29, 1.82) is 0 Å². The molecule has 2 saturated heterocycles. The smallest absolute Gasteiger partial charge is 0.239 e. The third-order valence-electron chi connectivity index (χ3n) is 2.57. The van der Waals surface area contributed by atoms with Crippen molar-refractivity contribution in [2.24, 2.45) is 5.73 Å². The maximum Gasteiger partial charge on any atom is 0.239 e. The van der Waals surface area contributed by atoms with Crippen molar-refractivity contribution in [3.8, 4) is 0 Å². The van der Waals surface area contributed by atoms with Gasteiger partial charge < -0.3 is 15.4 Å². The number of carbonyl (C=O) groups is 1. The second-order valence-corrected chi connectivity index (χ2v) is 3.62. The molecule has 4 heteroatoms. The van der Waals surface area contributed by atoms with Crippen LogP contribution in [0.3, 0.4) is 0 Å². The molecule has 68 valence electrons. The van der Waals surface area contributed by atoms with Crippen LogP contribution >= 0.6 is 0 Å². The van der Waals surface area contributed by atoms with E-state index in [0.29, 0.717) is 12.6 Å². The molecule has 0 aromatic carbocycles. The van der Waals surface area contributed by atoms with Gasteiger partial charge in [-0.25, -0.2) is 0 Å². The number of amides is 1. The number of fused-ring (bicyclic) bond motifs is 2. The highest BCUT2D eigenvalue weighted by Crippen LogP contribution is 2.27. The lowest BCUT2D eigenvalue weighted by Crippen LogP contribution is -2.48. The van der Waals surface area contributed by atoms with Crippen molar-refractivity contribution in [3.63, 3.8) is 0 Å². The molecule has 12 heavy (non-hydrogen) atoms. The number of ether oxygens (including phenoxy) is 1. The zero-order valence-electron chi connectivity index (χ0n) is 7.19. The van der Waals surface area contributed by atoms with Gasteiger partial charge >= 0.3 is 0 Å². The maximum atomic E-state index is 11.5. The monoisotopic (exact) mass is 170 g/mol. The lowest BCUT2D eigenvalue weighted by molar-refractivity contribution is -0.136. The summed E-state index contributed by atoms with van der Waals surface area (Å²) in [4.78, 5) is 13.3. The zero-order chi connectivity index (χ0) is 8.72. The molecule has 2 aliphatic heterocycles. The molecule has 2 heterocycles. The first-order valence-electron chi connectivity index (χ1n) is 4.36. The van der Waals surface area contributed by atoms with Crippen molar-refractivity contribution < 1.29 is 9.53 Å². The third-order valence-corrected chi connectivity index (χ3v) is 2.57. The average Bonchev–Trinajstić information content (AvgIpc) is 2.62. The maximum absolute atomic E-state index is 11.5. The molecule has 2 N–H and O–H groups in total. The Morgan fingerprint density at radius 1 is 1.75 bits per heavy atom. The summed E-state index contributed by atoms with van der Waals surface area (Å²) in [5.74, 6) is 0.0609. The minimum absolute atomic E-state index is 0.0609. The van der Waals surface area contributed by atoms with E-state index in [0.717, 1.165) is 13.0 Å². The van der Waals surface area contributed by atoms with Gasteiger partial charge in [0, 0.05) is 6.54 Å². The van der Waals surface area contributed by atoms with Crippen molar-refractivity contribution in [2.75, 3.05) is 13.2 Å². The molecule has 0 radical (unpaired) electrons. The Kier molecular flexibility index (Phi) is 1.81. The van der Waals surface area contributed by atoms with E-state index in [1.54, 1.807) is 6.92 Å². The van der Waals surface area contributed by atoms with Gasteiger partial charge in [0.2, 0.25) is 5.91 Å². The number of carbonyl (C=O) groups excluding carboxylic acids is 1. The van der Waals surface area contributed by atoms with Crippen LogP contribution in [0.25, 0.3) is 0 Å². The summed E-state index contributed by atoms with van der Waals surface area (Å²) in [6.07, 6.45) is 1.27. The van der Waals surface area contributed by atoms with Crippen LogP contribution in [-0.2, 0) is 9.53 Å². The molecule has 0 aliphatic carbocycles. The Morgan fingerprint density at radius 3 is 2.92 bits per heavy atom. The molecule has 0 aromatic heterocycles. The first kappa shape index (κ1) is 8.01. The fourth-order valence-electron chi connectivity index (χ4n) is 1.93. The number of hydrogen-bond donors (Lipinski definition) is 1. The summed E-state index contributed by atoms with van der Waals surface area (Å²) in [5.41, 5.74) is 5.52. The number of nitrogens with two attached hydrogens (primary N) is 1. The minimum Gasteiger partial charge on any atom is -0.374 e. The summed E-state index contributed by atoms with van der Waals surface area (Å²) < 4.78 is 5.38. The van der Waals surface area contributed by atoms with Crippen LogP contribution in [0.5, 0.6) is 0 Å². The Bertz CT molecular complexity index is 205. The van der Waals surface area contributed by atoms with E-state index in [1.807, 2.05) is 4.90 Å². The summed E-state index contributed by atoms with van der Waals surface area (Å²) in [7, 11) is 0. The third kappa shape index (κ3) is 1.11. The van der Waals surface area contributed by atoms with Crippen LogP contribution in [0.4, 0.5) is 0 Å². The van der Waals surface area contributed by atoms with Gasteiger partial charge in [-0.1, -0.05) is 0 Å². The second-order valence-electron chi connectivity index (χ2n) is 3.62. The van der Waals surface area contributed by atoms with E-state index in [1.165, 1.54) is 0 Å². The van der Waals surface area contributed by atoms with Crippen LogP contribution in [0.1, 0.15) is 13.3 Å². The van der Waals surface area contributed by atoms with Gasteiger partial charge in [-0.2, -0.15) is 0 Å². The highest BCUT2D eigenvalue weighted by molar-refractivity contribution is 5.82. The molecule has 0 unspecified atom stereocenters. The summed E-state index contributed by atoms with van der Waals surface area (Å²) in [5, 5.41) is 0. The Morgan fingerprint density at radius 2 is 2.50 bits per heavy atom. The molecule has 3 atom stereocenters. The van der Waals surface area contributed by atoms with Gasteiger partial charge in [-0.15, -0.1) is 0 Å². The van der Waals surface area contributed by atoms with Crippen molar-refractivity contribution in [1.82, 2.24) is 4.90 Å². The fraction of sp³-hybridized carbons (Fsp3) is 0.875. The standard InChI is InChI=1S/C8H14N2O2/c1-5(9)8(11)10-3-7-2-6(10)4-12-7/h5-7H,2-4,9H2,1H3/t5-,6-,7+/m0/s1. The predicted molar refractivity (Wildman–Crippen MR) is 43.5 cm³/mol. The molecule has 0 saturated carbocycles. The minimum atomic E-state index is -0.371. The number of nitrogens with zero attached hydrogens (tertiary/aromatic N) is 1. The lowest BCUT2D eigenvalue weighted by Gasteiger charge is -2.28. The van der Waals surface area contributed by atoms with Crippen LogP contribution in [0, 0.1) is 0 Å². The lowest BCUT2D eigenvalue weighted by atomic mass is 10.2. The van der Waals surface area contributed by atoms with Crippen LogP contribution in [0.15, 0.2) is 0 Å². The van der Waals surface area contributed by atoms with E-state index in [-0.39, 0.29) is 18.1 Å². The van der Waals surface area contributed by atoms with Crippen molar-refractivity contribution in [3.05, 3.63) is 0 Å². The molecule has 2 rings (SSSR count). The molecule has 2 fully saturated rings. The van der Waals surface area contributed by atoms with Gasteiger partial charge in [0.15, 0.2) is 0 Å². The fourth-order valence-corrected chi connectivity index (χ4v) is 1.93. The van der Waals surface area contributed by atoms with Crippen molar-refractivity contribution >= 4 is 5.91 Å². The molecular formula is C8H14N2O2. The van der Waals surface area contributed by atoms with Crippen LogP contribution < -0.4 is 5.73 Å². The number of rotatable bonds is 1. The quantitative estimate of drug-likeness (QED) is 0.568. The molecule has 2 bridgehead atoms. The molecule has 2 aliphatic rings. The second kappa shape index (κ2) is 2.71. The first-order chi connectivity index (χ1) is 5.68. The van der Waals surface area contributed by atoms with E-state index in [9.17, 15) is 4.79 Å². The predicted octanol–water partition coefficient (Wildman–Crippen LogP) is -0.667. The van der Waals surface area contributed by atoms with E-state index >= 15 is 0 Å². The molecule has 1 amide bonds. The molecule has 4 nitrogen and oxygen atoms in total. The summed E-state index contributed by atoms with van der Waals surface area (Å²) in [6.45, 7) is 3.17. The van der Waals surface area contributed by atoms with Gasteiger partial charge in [0.05, 0.1) is 24.8 Å². The molecular weight excluding hydrogens is 156 g/mol.